The maximum absolute atomic E-state index is 12.6. The minimum atomic E-state index is 0.249. The Hall–Kier alpha value is -1.92. The average molecular weight is 438 g/mol. The maximum atomic E-state index is 12.6. The molecule has 1 aliphatic heterocycles. The zero-order valence-corrected chi connectivity index (χ0v) is 18.9. The topological polar surface area (TPSA) is 46.1 Å². The van der Waals surface area contributed by atoms with E-state index in [2.05, 4.69) is 24.3 Å². The van der Waals surface area contributed by atoms with Crippen LogP contribution in [0.3, 0.4) is 0 Å². The monoisotopic (exact) mass is 437 g/mol. The average Bonchev–Trinajstić information content (AvgIpc) is 3.44. The Morgan fingerprint density at radius 2 is 1.80 bits per heavy atom. The van der Waals surface area contributed by atoms with Gasteiger partial charge >= 0.3 is 0 Å². The summed E-state index contributed by atoms with van der Waals surface area (Å²) in [6.45, 7) is 1.82. The molecule has 0 spiro atoms. The van der Waals surface area contributed by atoms with Gasteiger partial charge in [0.1, 0.15) is 15.7 Å². The fourth-order valence-corrected chi connectivity index (χ4v) is 6.79. The number of hydrogen-bond acceptors (Lipinski definition) is 5. The normalized spacial score (nSPS) is 16.2. The Morgan fingerprint density at radius 1 is 1.00 bits per heavy atom. The van der Waals surface area contributed by atoms with Crippen molar-refractivity contribution in [3.63, 3.8) is 0 Å². The summed E-state index contributed by atoms with van der Waals surface area (Å²) in [7, 11) is 0. The minimum absolute atomic E-state index is 0.249. The van der Waals surface area contributed by atoms with E-state index in [1.54, 1.807) is 11.8 Å². The number of hydrogen-bond donors (Lipinski definition) is 0. The summed E-state index contributed by atoms with van der Waals surface area (Å²) in [5, 5.41) is 2.26. The molecule has 1 amide bonds. The number of aromatic nitrogens is 2. The molecule has 0 bridgehead atoms. The van der Waals surface area contributed by atoms with Crippen LogP contribution in [0.15, 0.2) is 35.4 Å². The molecule has 30 heavy (non-hydrogen) atoms. The highest BCUT2D eigenvalue weighted by Gasteiger charge is 2.23. The molecule has 1 saturated heterocycles. The van der Waals surface area contributed by atoms with E-state index in [1.165, 1.54) is 34.2 Å². The van der Waals surface area contributed by atoms with Gasteiger partial charge in [-0.2, -0.15) is 0 Å². The number of amides is 1. The molecule has 0 radical (unpaired) electrons. The molecule has 2 aromatic heterocycles. The number of likely N-dealkylation sites (tertiary alicyclic amines) is 1. The number of carbonyl (C=O) groups is 1. The van der Waals surface area contributed by atoms with Crippen LogP contribution in [-0.4, -0.2) is 39.6 Å². The fourth-order valence-electron chi connectivity index (χ4n) is 4.47. The first-order chi connectivity index (χ1) is 14.8. The lowest BCUT2D eigenvalue weighted by Crippen LogP contribution is -2.29. The molecule has 0 atom stereocenters. The molecule has 1 fully saturated rings. The van der Waals surface area contributed by atoms with E-state index in [9.17, 15) is 4.79 Å². The molecule has 4 nitrogen and oxygen atoms in total. The zero-order chi connectivity index (χ0) is 20.3. The standard InChI is InChI=1S/C24H27N3OS2/c28-21(27-14-6-7-15-27)16-29-23-22-18-10-4-5-11-19(18)30-24(22)26-20(25-23)13-12-17-8-2-1-3-9-17/h1-3,8-9H,4-7,10-16H2. The largest absolute Gasteiger partial charge is 0.342 e. The Balaban J connectivity index is 1.42. The van der Waals surface area contributed by atoms with Crippen molar-refractivity contribution in [2.24, 2.45) is 0 Å². The van der Waals surface area contributed by atoms with Crippen LogP contribution in [0.25, 0.3) is 10.2 Å². The van der Waals surface area contributed by atoms with Gasteiger partial charge in [-0.1, -0.05) is 42.1 Å². The second kappa shape index (κ2) is 9.06. The summed E-state index contributed by atoms with van der Waals surface area (Å²) in [6, 6.07) is 10.5. The summed E-state index contributed by atoms with van der Waals surface area (Å²) < 4.78 is 0. The van der Waals surface area contributed by atoms with Gasteiger partial charge in [0.25, 0.3) is 0 Å². The van der Waals surface area contributed by atoms with Crippen molar-refractivity contribution in [2.45, 2.75) is 56.4 Å². The van der Waals surface area contributed by atoms with Crippen LogP contribution < -0.4 is 0 Å². The van der Waals surface area contributed by atoms with E-state index in [0.717, 1.165) is 67.3 Å². The van der Waals surface area contributed by atoms with Crippen molar-refractivity contribution in [2.75, 3.05) is 18.8 Å². The van der Waals surface area contributed by atoms with Crippen LogP contribution in [-0.2, 0) is 30.5 Å². The molecular weight excluding hydrogens is 410 g/mol. The number of carbonyl (C=O) groups excluding carboxylic acids is 1. The third-order valence-corrected chi connectivity index (χ3v) is 8.24. The minimum Gasteiger partial charge on any atom is -0.342 e. The first-order valence-electron chi connectivity index (χ1n) is 11.0. The molecule has 156 valence electrons. The van der Waals surface area contributed by atoms with Crippen molar-refractivity contribution in [3.8, 4) is 0 Å². The van der Waals surface area contributed by atoms with Gasteiger partial charge in [0.2, 0.25) is 5.91 Å². The van der Waals surface area contributed by atoms with Crippen molar-refractivity contribution >= 4 is 39.2 Å². The second-order valence-corrected chi connectivity index (χ2v) is 10.2. The van der Waals surface area contributed by atoms with Crippen LogP contribution in [0.5, 0.6) is 0 Å². The fraction of sp³-hybridized carbons (Fsp3) is 0.458. The van der Waals surface area contributed by atoms with E-state index < -0.39 is 0 Å². The molecule has 3 aromatic rings. The molecule has 5 rings (SSSR count). The van der Waals surface area contributed by atoms with Crippen LogP contribution in [0.1, 0.15) is 47.5 Å². The Bertz CT molecular complexity index is 1040. The van der Waals surface area contributed by atoms with Crippen molar-refractivity contribution in [1.29, 1.82) is 0 Å². The van der Waals surface area contributed by atoms with Crippen molar-refractivity contribution < 1.29 is 4.79 Å². The Morgan fingerprint density at radius 3 is 2.63 bits per heavy atom. The number of aryl methyl sites for hydroxylation is 4. The van der Waals surface area contributed by atoms with Gasteiger partial charge in [-0.15, -0.1) is 11.3 Å². The van der Waals surface area contributed by atoms with Crippen LogP contribution in [0.4, 0.5) is 0 Å². The highest BCUT2D eigenvalue weighted by Crippen LogP contribution is 2.39. The molecule has 6 heteroatoms. The Labute approximate surface area is 186 Å². The SMILES string of the molecule is O=C(CSc1nc(CCc2ccccc2)nc2sc3c(c12)CCCC3)N1CCCC1. The van der Waals surface area contributed by atoms with E-state index in [0.29, 0.717) is 5.75 Å². The summed E-state index contributed by atoms with van der Waals surface area (Å²) in [4.78, 5) is 27.2. The van der Waals surface area contributed by atoms with Gasteiger partial charge in [0, 0.05) is 29.8 Å². The van der Waals surface area contributed by atoms with E-state index >= 15 is 0 Å². The van der Waals surface area contributed by atoms with Crippen LogP contribution >= 0.6 is 23.1 Å². The molecule has 1 aliphatic carbocycles. The predicted octanol–water partition coefficient (Wildman–Crippen LogP) is 5.07. The second-order valence-electron chi connectivity index (χ2n) is 8.20. The van der Waals surface area contributed by atoms with Gasteiger partial charge in [-0.05, 0) is 56.1 Å². The number of thioether (sulfide) groups is 1. The highest BCUT2D eigenvalue weighted by molar-refractivity contribution is 8.00. The molecule has 2 aliphatic rings. The summed E-state index contributed by atoms with van der Waals surface area (Å²) in [6.07, 6.45) is 8.83. The predicted molar refractivity (Wildman–Crippen MR) is 124 cm³/mol. The number of thiophene rings is 1. The first kappa shape index (κ1) is 20.0. The first-order valence-corrected chi connectivity index (χ1v) is 12.8. The van der Waals surface area contributed by atoms with Gasteiger partial charge < -0.3 is 4.90 Å². The molecule has 0 saturated carbocycles. The zero-order valence-electron chi connectivity index (χ0n) is 17.2. The summed E-state index contributed by atoms with van der Waals surface area (Å²) in [5.74, 6) is 1.63. The molecule has 0 N–H and O–H groups in total. The van der Waals surface area contributed by atoms with Crippen LogP contribution in [0, 0.1) is 0 Å². The number of benzene rings is 1. The lowest BCUT2D eigenvalue weighted by molar-refractivity contribution is -0.127. The van der Waals surface area contributed by atoms with Crippen molar-refractivity contribution in [3.05, 3.63) is 52.2 Å². The van der Waals surface area contributed by atoms with Gasteiger partial charge in [0.15, 0.2) is 0 Å². The molecule has 1 aromatic carbocycles. The lowest BCUT2D eigenvalue weighted by Gasteiger charge is -2.15. The van der Waals surface area contributed by atoms with Crippen molar-refractivity contribution in [1.82, 2.24) is 14.9 Å². The number of rotatable bonds is 6. The lowest BCUT2D eigenvalue weighted by atomic mass is 9.97. The maximum Gasteiger partial charge on any atom is 0.232 e. The van der Waals surface area contributed by atoms with Crippen LogP contribution in [0.2, 0.25) is 0 Å². The number of nitrogens with zero attached hydrogens (tertiary/aromatic N) is 3. The van der Waals surface area contributed by atoms with Gasteiger partial charge in [-0.25, -0.2) is 9.97 Å². The number of fused-ring (bicyclic) bond motifs is 3. The van der Waals surface area contributed by atoms with Gasteiger partial charge in [-0.3, -0.25) is 4.79 Å². The highest BCUT2D eigenvalue weighted by atomic mass is 32.2. The Kier molecular flexibility index (Phi) is 6.05. The summed E-state index contributed by atoms with van der Waals surface area (Å²) >= 11 is 3.47. The third kappa shape index (κ3) is 4.26. The van der Waals surface area contributed by atoms with E-state index in [4.69, 9.17) is 9.97 Å². The van der Waals surface area contributed by atoms with Gasteiger partial charge in [0.05, 0.1) is 5.75 Å². The molecule has 3 heterocycles. The van der Waals surface area contributed by atoms with E-state index in [-0.39, 0.29) is 5.91 Å². The molecule has 0 unspecified atom stereocenters. The molecular formula is C24H27N3OS2. The smallest absolute Gasteiger partial charge is 0.232 e. The quantitative estimate of drug-likeness (QED) is 0.399. The summed E-state index contributed by atoms with van der Waals surface area (Å²) in [5.41, 5.74) is 2.76. The third-order valence-electron chi connectivity index (χ3n) is 6.10. The van der Waals surface area contributed by atoms with E-state index in [1.807, 2.05) is 22.3 Å².